The summed E-state index contributed by atoms with van der Waals surface area (Å²) in [4.78, 5) is 41.1. The lowest BCUT2D eigenvalue weighted by Gasteiger charge is -2.28. The van der Waals surface area contributed by atoms with Gasteiger partial charge in [-0.15, -0.1) is 0 Å². The van der Waals surface area contributed by atoms with Crippen LogP contribution in [-0.2, 0) is 14.9 Å². The normalized spacial score (nSPS) is 15.6. The number of fused-ring (bicyclic) bond motifs is 1. The summed E-state index contributed by atoms with van der Waals surface area (Å²) in [6, 6.07) is 19.7. The number of carbonyl (C=O) groups is 3. The Labute approximate surface area is 231 Å². The van der Waals surface area contributed by atoms with Crippen LogP contribution in [0.25, 0.3) is 11.0 Å². The van der Waals surface area contributed by atoms with Crippen LogP contribution in [0.5, 0.6) is 5.75 Å². The molecule has 1 amide bonds. The molecule has 1 unspecified atom stereocenters. The lowest BCUT2D eigenvalue weighted by Crippen LogP contribution is -2.31. The molecule has 0 bridgehead atoms. The molecule has 0 saturated heterocycles. The third-order valence-electron chi connectivity index (χ3n) is 7.04. The lowest BCUT2D eigenvalue weighted by atomic mass is 9.85. The molecule has 0 spiro atoms. The summed E-state index contributed by atoms with van der Waals surface area (Å²) >= 11 is 0. The number of ketones is 1. The molecule has 1 aliphatic rings. The van der Waals surface area contributed by atoms with Gasteiger partial charge in [0.25, 0.3) is 5.91 Å². The van der Waals surface area contributed by atoms with Crippen molar-refractivity contribution in [3.63, 3.8) is 0 Å². The average molecular weight is 540 g/mol. The van der Waals surface area contributed by atoms with E-state index < -0.39 is 29.5 Å². The van der Waals surface area contributed by atoms with Crippen molar-refractivity contribution < 1.29 is 33.4 Å². The minimum atomic E-state index is -0.989. The fourth-order valence-corrected chi connectivity index (χ4v) is 4.93. The fourth-order valence-electron chi connectivity index (χ4n) is 4.93. The molecule has 2 heterocycles. The maximum absolute atomic E-state index is 14.0. The van der Waals surface area contributed by atoms with Crippen molar-refractivity contribution in [1.82, 2.24) is 0 Å². The quantitative estimate of drug-likeness (QED) is 0.226. The highest BCUT2D eigenvalue weighted by Gasteiger charge is 2.45. The van der Waals surface area contributed by atoms with E-state index in [-0.39, 0.29) is 22.3 Å². The van der Waals surface area contributed by atoms with Gasteiger partial charge in [-0.2, -0.15) is 0 Å². The van der Waals surface area contributed by atoms with Gasteiger partial charge in [0, 0.05) is 11.1 Å². The second-order valence-corrected chi connectivity index (χ2v) is 10.6. The van der Waals surface area contributed by atoms with Gasteiger partial charge < -0.3 is 19.0 Å². The second kappa shape index (κ2) is 10.0. The van der Waals surface area contributed by atoms with Crippen molar-refractivity contribution in [2.45, 2.75) is 32.2 Å². The highest BCUT2D eigenvalue weighted by Crippen LogP contribution is 2.43. The van der Waals surface area contributed by atoms with E-state index in [0.717, 1.165) is 5.56 Å². The Morgan fingerprint density at radius 3 is 2.30 bits per heavy atom. The number of amides is 1. The number of para-hydroxylation sites is 1. The van der Waals surface area contributed by atoms with Gasteiger partial charge in [0.15, 0.2) is 22.9 Å². The van der Waals surface area contributed by atoms with E-state index in [1.807, 2.05) is 24.3 Å². The topological polar surface area (TPSA) is 106 Å². The van der Waals surface area contributed by atoms with Gasteiger partial charge in [0.2, 0.25) is 5.78 Å². The van der Waals surface area contributed by atoms with E-state index in [4.69, 9.17) is 13.9 Å². The SMILES string of the molecule is COC(=O)c1cccc(N2C(=O)C(O)=C(C(=O)c3cc4cccc(OC)c4o3)C2c2ccc(C(C)(C)C)cc2)c1. The maximum Gasteiger partial charge on any atom is 0.337 e. The number of benzene rings is 3. The Morgan fingerprint density at radius 1 is 0.950 bits per heavy atom. The summed E-state index contributed by atoms with van der Waals surface area (Å²) in [6.07, 6.45) is 0. The Morgan fingerprint density at radius 2 is 1.65 bits per heavy atom. The van der Waals surface area contributed by atoms with Crippen LogP contribution < -0.4 is 9.64 Å². The highest BCUT2D eigenvalue weighted by atomic mass is 16.5. The van der Waals surface area contributed by atoms with Gasteiger partial charge in [-0.3, -0.25) is 14.5 Å². The van der Waals surface area contributed by atoms with Crippen LogP contribution in [0.15, 0.2) is 88.5 Å². The van der Waals surface area contributed by atoms with Crippen molar-refractivity contribution in [3.8, 4) is 5.75 Å². The van der Waals surface area contributed by atoms with E-state index in [2.05, 4.69) is 20.8 Å². The predicted molar refractivity (Wildman–Crippen MR) is 150 cm³/mol. The predicted octanol–water partition coefficient (Wildman–Crippen LogP) is 6.31. The Bertz CT molecular complexity index is 1670. The number of aliphatic hydroxyl groups excluding tert-OH is 1. The van der Waals surface area contributed by atoms with E-state index in [9.17, 15) is 19.5 Å². The molecular weight excluding hydrogens is 510 g/mol. The molecule has 0 radical (unpaired) electrons. The monoisotopic (exact) mass is 539 g/mol. The third kappa shape index (κ3) is 4.51. The molecule has 4 aromatic rings. The molecule has 5 rings (SSSR count). The van der Waals surface area contributed by atoms with Gasteiger partial charge in [0.1, 0.15) is 0 Å². The van der Waals surface area contributed by atoms with Crippen molar-refractivity contribution in [2.75, 3.05) is 19.1 Å². The standard InChI is InChI=1S/C32H29NO7/c1-32(2,3)21-14-12-18(13-15-21)26-25(27(34)24-17-19-8-7-11-23(38-4)29(19)40-24)28(35)30(36)33(26)22-10-6-9-20(16-22)31(37)39-5/h6-17,26,35H,1-5H3. The van der Waals surface area contributed by atoms with Crippen molar-refractivity contribution in [3.05, 3.63) is 107 Å². The molecule has 40 heavy (non-hydrogen) atoms. The van der Waals surface area contributed by atoms with Gasteiger partial charge in [-0.05, 0) is 46.9 Å². The van der Waals surface area contributed by atoms with Crippen LogP contribution >= 0.6 is 0 Å². The number of Topliss-reactive ketones (excluding diaryl/α,β-unsaturated/α-hetero) is 1. The molecule has 8 nitrogen and oxygen atoms in total. The van der Waals surface area contributed by atoms with Gasteiger partial charge in [0.05, 0.1) is 31.4 Å². The first-order valence-electron chi connectivity index (χ1n) is 12.7. The van der Waals surface area contributed by atoms with Crippen LogP contribution in [0.2, 0.25) is 0 Å². The zero-order valence-corrected chi connectivity index (χ0v) is 22.8. The van der Waals surface area contributed by atoms with Crippen LogP contribution in [-0.4, -0.2) is 37.0 Å². The van der Waals surface area contributed by atoms with Crippen molar-refractivity contribution in [1.29, 1.82) is 0 Å². The summed E-state index contributed by atoms with van der Waals surface area (Å²) in [7, 11) is 2.77. The summed E-state index contributed by atoms with van der Waals surface area (Å²) in [5.41, 5.74) is 2.33. The lowest BCUT2D eigenvalue weighted by molar-refractivity contribution is -0.117. The highest BCUT2D eigenvalue weighted by molar-refractivity contribution is 6.21. The number of aliphatic hydroxyl groups is 1. The fraction of sp³-hybridized carbons (Fsp3) is 0.219. The molecule has 1 aromatic heterocycles. The smallest absolute Gasteiger partial charge is 0.337 e. The van der Waals surface area contributed by atoms with Crippen molar-refractivity contribution in [2.24, 2.45) is 0 Å². The minimum Gasteiger partial charge on any atom is -0.503 e. The van der Waals surface area contributed by atoms with Crippen LogP contribution in [0.4, 0.5) is 5.69 Å². The number of ether oxygens (including phenoxy) is 2. The molecule has 1 atom stereocenters. The zero-order valence-electron chi connectivity index (χ0n) is 22.8. The molecule has 0 aliphatic carbocycles. The number of carbonyl (C=O) groups excluding carboxylic acids is 3. The summed E-state index contributed by atoms with van der Waals surface area (Å²) in [5, 5.41) is 11.8. The van der Waals surface area contributed by atoms with Crippen LogP contribution in [0.1, 0.15) is 58.9 Å². The maximum atomic E-state index is 14.0. The minimum absolute atomic E-state index is 0.0460. The molecule has 204 valence electrons. The van der Waals surface area contributed by atoms with E-state index in [1.54, 1.807) is 42.5 Å². The molecule has 0 saturated carbocycles. The number of methoxy groups -OCH3 is 2. The Balaban J connectivity index is 1.66. The summed E-state index contributed by atoms with van der Waals surface area (Å²) < 4.78 is 16.1. The van der Waals surface area contributed by atoms with Gasteiger partial charge in [-0.25, -0.2) is 4.79 Å². The molecule has 3 aromatic carbocycles. The number of hydrogen-bond donors (Lipinski definition) is 1. The van der Waals surface area contributed by atoms with Gasteiger partial charge in [-0.1, -0.05) is 63.2 Å². The number of furan rings is 1. The second-order valence-electron chi connectivity index (χ2n) is 10.6. The first kappa shape index (κ1) is 26.7. The number of nitrogens with zero attached hydrogens (tertiary/aromatic N) is 1. The molecule has 0 fully saturated rings. The Hall–Kier alpha value is -4.85. The number of anilines is 1. The van der Waals surface area contributed by atoms with E-state index >= 15 is 0 Å². The average Bonchev–Trinajstić information content (AvgIpc) is 3.51. The number of hydrogen-bond acceptors (Lipinski definition) is 7. The van der Waals surface area contributed by atoms with Crippen LogP contribution in [0, 0.1) is 0 Å². The third-order valence-corrected chi connectivity index (χ3v) is 7.04. The molecule has 8 heteroatoms. The molecule has 1 N–H and O–H groups in total. The first-order valence-corrected chi connectivity index (χ1v) is 12.7. The summed E-state index contributed by atoms with van der Waals surface area (Å²) in [6.45, 7) is 6.26. The van der Waals surface area contributed by atoms with Crippen molar-refractivity contribution >= 4 is 34.3 Å². The van der Waals surface area contributed by atoms with Gasteiger partial charge >= 0.3 is 5.97 Å². The molecule has 1 aliphatic heterocycles. The Kier molecular flexibility index (Phi) is 6.71. The molecular formula is C32H29NO7. The van der Waals surface area contributed by atoms with E-state index in [1.165, 1.54) is 25.2 Å². The number of esters is 1. The first-order chi connectivity index (χ1) is 19.0. The number of rotatable bonds is 6. The van der Waals surface area contributed by atoms with E-state index in [0.29, 0.717) is 28.0 Å². The largest absolute Gasteiger partial charge is 0.503 e. The summed E-state index contributed by atoms with van der Waals surface area (Å²) in [5.74, 6) is -2.28. The van der Waals surface area contributed by atoms with Crippen LogP contribution in [0.3, 0.4) is 0 Å². The zero-order chi connectivity index (χ0) is 28.8.